The van der Waals surface area contributed by atoms with Gasteiger partial charge in [-0.1, -0.05) is 26.8 Å². The first-order chi connectivity index (χ1) is 7.45. The molecule has 2 nitrogen and oxygen atoms in total. The molecule has 1 atom stereocenters. The van der Waals surface area contributed by atoms with E-state index >= 15 is 0 Å². The largest absolute Gasteiger partial charge is 0.353 e. The van der Waals surface area contributed by atoms with Crippen LogP contribution in [-0.2, 0) is 9.47 Å². The molecule has 1 unspecified atom stereocenters. The normalized spacial score (nSPS) is 14.1. The SMILES string of the molecule is C=CC(C)(C)CC(C)CC(OCC)OCC. The Hall–Kier alpha value is -0.340. The van der Waals surface area contributed by atoms with Crippen molar-refractivity contribution in [1.82, 2.24) is 0 Å². The second-order valence-electron chi connectivity index (χ2n) is 5.08. The highest BCUT2D eigenvalue weighted by atomic mass is 16.7. The van der Waals surface area contributed by atoms with Gasteiger partial charge in [-0.25, -0.2) is 0 Å². The zero-order chi connectivity index (χ0) is 12.6. The van der Waals surface area contributed by atoms with Crippen molar-refractivity contribution in [2.75, 3.05) is 13.2 Å². The predicted molar refractivity (Wildman–Crippen MR) is 69.4 cm³/mol. The fourth-order valence-electron chi connectivity index (χ4n) is 1.95. The van der Waals surface area contributed by atoms with Crippen LogP contribution in [0.15, 0.2) is 12.7 Å². The molecule has 0 amide bonds. The van der Waals surface area contributed by atoms with Crippen molar-refractivity contribution >= 4 is 0 Å². The van der Waals surface area contributed by atoms with E-state index in [1.54, 1.807) is 0 Å². The molecular formula is C14H28O2. The molecule has 0 rings (SSSR count). The van der Waals surface area contributed by atoms with Crippen LogP contribution in [0, 0.1) is 11.3 Å². The lowest BCUT2D eigenvalue weighted by Crippen LogP contribution is -2.22. The molecule has 0 saturated heterocycles. The van der Waals surface area contributed by atoms with Crippen LogP contribution in [-0.4, -0.2) is 19.5 Å². The van der Waals surface area contributed by atoms with Gasteiger partial charge in [0.2, 0.25) is 0 Å². The van der Waals surface area contributed by atoms with Gasteiger partial charge in [0.25, 0.3) is 0 Å². The molecule has 0 aromatic heterocycles. The summed E-state index contributed by atoms with van der Waals surface area (Å²) in [5.74, 6) is 0.580. The smallest absolute Gasteiger partial charge is 0.157 e. The van der Waals surface area contributed by atoms with Gasteiger partial charge in [-0.3, -0.25) is 0 Å². The van der Waals surface area contributed by atoms with E-state index in [1.807, 2.05) is 19.9 Å². The predicted octanol–water partition coefficient (Wildman–Crippen LogP) is 4.01. The van der Waals surface area contributed by atoms with Crippen LogP contribution in [0.4, 0.5) is 0 Å². The molecule has 0 aromatic carbocycles. The molecule has 0 N–H and O–H groups in total. The lowest BCUT2D eigenvalue weighted by atomic mass is 9.82. The monoisotopic (exact) mass is 228 g/mol. The maximum atomic E-state index is 5.55. The van der Waals surface area contributed by atoms with E-state index in [2.05, 4.69) is 27.4 Å². The average molecular weight is 228 g/mol. The van der Waals surface area contributed by atoms with Gasteiger partial charge < -0.3 is 9.47 Å². The Labute approximate surface area is 101 Å². The first-order valence-corrected chi connectivity index (χ1v) is 6.32. The molecule has 0 aliphatic rings. The van der Waals surface area contributed by atoms with Gasteiger partial charge in [-0.2, -0.15) is 0 Å². The molecule has 2 heteroatoms. The van der Waals surface area contributed by atoms with Crippen molar-refractivity contribution in [3.05, 3.63) is 12.7 Å². The van der Waals surface area contributed by atoms with Crippen molar-refractivity contribution in [2.24, 2.45) is 11.3 Å². The lowest BCUT2D eigenvalue weighted by Gasteiger charge is -2.27. The zero-order valence-corrected chi connectivity index (χ0v) is 11.6. The van der Waals surface area contributed by atoms with Gasteiger partial charge in [0.15, 0.2) is 6.29 Å². The molecule has 0 aliphatic carbocycles. The van der Waals surface area contributed by atoms with Crippen LogP contribution in [0.5, 0.6) is 0 Å². The van der Waals surface area contributed by atoms with Crippen LogP contribution in [0.3, 0.4) is 0 Å². The Morgan fingerprint density at radius 3 is 2.06 bits per heavy atom. The molecule has 0 heterocycles. The number of allylic oxidation sites excluding steroid dienone is 1. The van der Waals surface area contributed by atoms with Crippen molar-refractivity contribution in [2.45, 2.75) is 53.8 Å². The van der Waals surface area contributed by atoms with Crippen molar-refractivity contribution in [3.8, 4) is 0 Å². The summed E-state index contributed by atoms with van der Waals surface area (Å²) >= 11 is 0. The van der Waals surface area contributed by atoms with E-state index < -0.39 is 0 Å². The van der Waals surface area contributed by atoms with E-state index in [-0.39, 0.29) is 11.7 Å². The minimum absolute atomic E-state index is 0.0504. The fraction of sp³-hybridized carbons (Fsp3) is 0.857. The second kappa shape index (κ2) is 7.86. The van der Waals surface area contributed by atoms with Gasteiger partial charge in [-0.15, -0.1) is 6.58 Å². The third kappa shape index (κ3) is 7.02. The van der Waals surface area contributed by atoms with Crippen LogP contribution >= 0.6 is 0 Å². The summed E-state index contributed by atoms with van der Waals surface area (Å²) in [6.45, 7) is 16.0. The third-order valence-corrected chi connectivity index (χ3v) is 2.73. The zero-order valence-electron chi connectivity index (χ0n) is 11.6. The molecule has 0 saturated carbocycles. The minimum atomic E-state index is -0.0504. The van der Waals surface area contributed by atoms with Gasteiger partial charge in [0, 0.05) is 19.6 Å². The average Bonchev–Trinajstić information content (AvgIpc) is 2.17. The molecule has 96 valence electrons. The minimum Gasteiger partial charge on any atom is -0.353 e. The van der Waals surface area contributed by atoms with Gasteiger partial charge in [0.1, 0.15) is 0 Å². The van der Waals surface area contributed by atoms with E-state index in [0.29, 0.717) is 19.1 Å². The fourth-order valence-corrected chi connectivity index (χ4v) is 1.95. The van der Waals surface area contributed by atoms with E-state index in [9.17, 15) is 0 Å². The van der Waals surface area contributed by atoms with Crippen molar-refractivity contribution < 1.29 is 9.47 Å². The highest BCUT2D eigenvalue weighted by molar-refractivity contribution is 4.88. The van der Waals surface area contributed by atoms with Gasteiger partial charge >= 0.3 is 0 Å². The Morgan fingerprint density at radius 2 is 1.69 bits per heavy atom. The number of hydrogen-bond donors (Lipinski definition) is 0. The molecule has 0 spiro atoms. The number of hydrogen-bond acceptors (Lipinski definition) is 2. The number of rotatable bonds is 9. The summed E-state index contributed by atoms with van der Waals surface area (Å²) in [6.07, 6.45) is 4.05. The highest BCUT2D eigenvalue weighted by Gasteiger charge is 2.20. The van der Waals surface area contributed by atoms with E-state index in [0.717, 1.165) is 12.8 Å². The first-order valence-electron chi connectivity index (χ1n) is 6.32. The lowest BCUT2D eigenvalue weighted by molar-refractivity contribution is -0.146. The quantitative estimate of drug-likeness (QED) is 0.438. The summed E-state index contributed by atoms with van der Waals surface area (Å²) in [6, 6.07) is 0. The molecule has 0 aliphatic heterocycles. The van der Waals surface area contributed by atoms with Crippen molar-refractivity contribution in [1.29, 1.82) is 0 Å². The van der Waals surface area contributed by atoms with Gasteiger partial charge in [0.05, 0.1) is 0 Å². The van der Waals surface area contributed by atoms with Gasteiger partial charge in [-0.05, 0) is 31.6 Å². The first kappa shape index (κ1) is 15.7. The van der Waals surface area contributed by atoms with E-state index in [4.69, 9.17) is 9.47 Å². The molecule has 16 heavy (non-hydrogen) atoms. The Morgan fingerprint density at radius 1 is 1.19 bits per heavy atom. The van der Waals surface area contributed by atoms with Crippen LogP contribution in [0.25, 0.3) is 0 Å². The van der Waals surface area contributed by atoms with Crippen LogP contribution in [0.1, 0.15) is 47.5 Å². The van der Waals surface area contributed by atoms with Crippen LogP contribution in [0.2, 0.25) is 0 Å². The molecule has 0 radical (unpaired) electrons. The molecular weight excluding hydrogens is 200 g/mol. The maximum Gasteiger partial charge on any atom is 0.157 e. The number of ether oxygens (including phenoxy) is 2. The Bertz CT molecular complexity index is 181. The summed E-state index contributed by atoms with van der Waals surface area (Å²) in [4.78, 5) is 0. The maximum absolute atomic E-state index is 5.55. The van der Waals surface area contributed by atoms with Crippen LogP contribution < -0.4 is 0 Å². The van der Waals surface area contributed by atoms with Crippen molar-refractivity contribution in [3.63, 3.8) is 0 Å². The standard InChI is InChI=1S/C14H28O2/c1-7-14(5,6)11-12(4)10-13(15-8-2)16-9-3/h7,12-13H,1,8-11H2,2-6H3. The Kier molecular flexibility index (Phi) is 7.69. The summed E-state index contributed by atoms with van der Waals surface area (Å²) in [5, 5.41) is 0. The molecule has 0 aromatic rings. The third-order valence-electron chi connectivity index (χ3n) is 2.73. The highest BCUT2D eigenvalue weighted by Crippen LogP contribution is 2.29. The molecule has 0 fully saturated rings. The molecule has 0 bridgehead atoms. The topological polar surface area (TPSA) is 18.5 Å². The summed E-state index contributed by atoms with van der Waals surface area (Å²) < 4.78 is 11.1. The Balaban J connectivity index is 4.07. The summed E-state index contributed by atoms with van der Waals surface area (Å²) in [7, 11) is 0. The summed E-state index contributed by atoms with van der Waals surface area (Å²) in [5.41, 5.74) is 0.197. The second-order valence-corrected chi connectivity index (χ2v) is 5.08. The van der Waals surface area contributed by atoms with E-state index in [1.165, 1.54) is 0 Å².